The zero-order chi connectivity index (χ0) is 21.3. The number of carbonyl (C=O) groups is 1. The number of esters is 1. The third kappa shape index (κ3) is 6.51. The van der Waals surface area contributed by atoms with Crippen LogP contribution in [0, 0.1) is 0 Å². The van der Waals surface area contributed by atoms with Gasteiger partial charge in [0.2, 0.25) is 0 Å². The number of halogens is 2. The lowest BCUT2D eigenvalue weighted by molar-refractivity contribution is 0.0514. The molecule has 0 aliphatic carbocycles. The van der Waals surface area contributed by atoms with Crippen LogP contribution in [-0.4, -0.2) is 24.3 Å². The smallest absolute Gasteiger partial charge is 0.360 e. The maximum Gasteiger partial charge on any atom is 0.360 e. The van der Waals surface area contributed by atoms with Gasteiger partial charge in [-0.3, -0.25) is 0 Å². The Morgan fingerprint density at radius 1 is 1.03 bits per heavy atom. The van der Waals surface area contributed by atoms with E-state index in [9.17, 15) is 4.79 Å². The van der Waals surface area contributed by atoms with Crippen molar-refractivity contribution in [3.8, 4) is 0 Å². The van der Waals surface area contributed by atoms with Gasteiger partial charge in [-0.05, 0) is 61.7 Å². The first-order valence-corrected chi connectivity index (χ1v) is 10.7. The molecule has 1 heterocycles. The normalized spacial score (nSPS) is 10.8. The molecular weight excluding hydrogens is 423 g/mol. The van der Waals surface area contributed by atoms with Gasteiger partial charge in [-0.25, -0.2) is 4.79 Å². The Kier molecular flexibility index (Phi) is 8.17. The van der Waals surface area contributed by atoms with Crippen molar-refractivity contribution in [3.05, 3.63) is 81.7 Å². The Hall–Kier alpha value is -2.50. The zero-order valence-electron chi connectivity index (χ0n) is 16.8. The lowest BCUT2D eigenvalue weighted by Gasteiger charge is -2.25. The minimum Gasteiger partial charge on any atom is -0.461 e. The first kappa shape index (κ1) is 22.2. The molecule has 30 heavy (non-hydrogen) atoms. The Balaban J connectivity index is 1.57. The Labute approximate surface area is 186 Å². The number of hydrogen-bond donors (Lipinski definition) is 0. The van der Waals surface area contributed by atoms with Gasteiger partial charge in [0.05, 0.1) is 6.61 Å². The Morgan fingerprint density at radius 3 is 2.37 bits per heavy atom. The summed E-state index contributed by atoms with van der Waals surface area (Å²) >= 11 is 12.1. The number of hydrogen-bond acceptors (Lipinski definition) is 5. The van der Waals surface area contributed by atoms with Gasteiger partial charge >= 0.3 is 5.97 Å². The summed E-state index contributed by atoms with van der Waals surface area (Å²) < 4.78 is 10.2. The molecule has 0 amide bonds. The standard InChI is InChI=1S/C23H24Cl2N2O3/c1-2-29-23(28)22-15-21(30-26-22)5-3-4-14-27(20-12-10-19(25)11-13-20)16-17-6-8-18(24)9-7-17/h6-13,15H,2-5,14,16H2,1H3. The highest BCUT2D eigenvalue weighted by Gasteiger charge is 2.13. The van der Waals surface area contributed by atoms with E-state index in [2.05, 4.69) is 10.1 Å². The van der Waals surface area contributed by atoms with Crippen LogP contribution >= 0.6 is 23.2 Å². The molecule has 0 fully saturated rings. The van der Waals surface area contributed by atoms with Crippen LogP contribution in [0.25, 0.3) is 0 Å². The molecule has 7 heteroatoms. The number of unbranched alkanes of at least 4 members (excludes halogenated alkanes) is 1. The van der Waals surface area contributed by atoms with Gasteiger partial charge in [0.25, 0.3) is 0 Å². The maximum atomic E-state index is 11.7. The van der Waals surface area contributed by atoms with Crippen molar-refractivity contribution in [1.29, 1.82) is 0 Å². The second-order valence-corrected chi connectivity index (χ2v) is 7.75. The van der Waals surface area contributed by atoms with Gasteiger partial charge in [0, 0.05) is 41.3 Å². The van der Waals surface area contributed by atoms with Crippen LogP contribution in [0.3, 0.4) is 0 Å². The van der Waals surface area contributed by atoms with Crippen LogP contribution in [0.15, 0.2) is 59.1 Å². The van der Waals surface area contributed by atoms with E-state index in [1.54, 1.807) is 13.0 Å². The summed E-state index contributed by atoms with van der Waals surface area (Å²) in [6, 6.07) is 17.4. The largest absolute Gasteiger partial charge is 0.461 e. The topological polar surface area (TPSA) is 55.6 Å². The number of ether oxygens (including phenoxy) is 1. The average Bonchev–Trinajstić information content (AvgIpc) is 3.22. The number of anilines is 1. The summed E-state index contributed by atoms with van der Waals surface area (Å²) in [6.07, 6.45) is 2.57. The molecule has 0 radical (unpaired) electrons. The highest BCUT2D eigenvalue weighted by molar-refractivity contribution is 6.30. The van der Waals surface area contributed by atoms with E-state index in [4.69, 9.17) is 32.5 Å². The zero-order valence-corrected chi connectivity index (χ0v) is 18.3. The number of aryl methyl sites for hydroxylation is 1. The van der Waals surface area contributed by atoms with E-state index in [-0.39, 0.29) is 5.69 Å². The Bertz CT molecular complexity index is 940. The first-order chi connectivity index (χ1) is 14.5. The van der Waals surface area contributed by atoms with E-state index < -0.39 is 5.97 Å². The second kappa shape index (κ2) is 11.0. The fourth-order valence-corrected chi connectivity index (χ4v) is 3.35. The molecule has 0 aliphatic rings. The lowest BCUT2D eigenvalue weighted by Crippen LogP contribution is -2.24. The van der Waals surface area contributed by atoms with Crippen LogP contribution < -0.4 is 4.90 Å². The predicted octanol–water partition coefficient (Wildman–Crippen LogP) is 6.19. The van der Waals surface area contributed by atoms with Crippen molar-refractivity contribution < 1.29 is 14.1 Å². The molecule has 0 spiro atoms. The molecule has 158 valence electrons. The number of benzene rings is 2. The molecule has 3 aromatic rings. The molecule has 0 bridgehead atoms. The molecule has 0 N–H and O–H groups in total. The SMILES string of the molecule is CCOC(=O)c1cc(CCCCN(Cc2ccc(Cl)cc2)c2ccc(Cl)cc2)on1. The minimum absolute atomic E-state index is 0.220. The predicted molar refractivity (Wildman–Crippen MR) is 119 cm³/mol. The molecule has 2 aromatic carbocycles. The number of nitrogens with zero attached hydrogens (tertiary/aromatic N) is 2. The van der Waals surface area contributed by atoms with Crippen LogP contribution in [0.4, 0.5) is 5.69 Å². The van der Waals surface area contributed by atoms with E-state index in [0.717, 1.165) is 36.6 Å². The van der Waals surface area contributed by atoms with Crippen LogP contribution in [-0.2, 0) is 17.7 Å². The quantitative estimate of drug-likeness (QED) is 0.274. The summed E-state index contributed by atoms with van der Waals surface area (Å²) in [6.45, 7) is 3.71. The third-order valence-electron chi connectivity index (χ3n) is 4.62. The van der Waals surface area contributed by atoms with Gasteiger partial charge in [-0.1, -0.05) is 40.5 Å². The fourth-order valence-electron chi connectivity index (χ4n) is 3.10. The molecule has 0 saturated heterocycles. The molecule has 3 rings (SSSR count). The lowest BCUT2D eigenvalue weighted by atomic mass is 10.1. The summed E-state index contributed by atoms with van der Waals surface area (Å²) in [7, 11) is 0. The van der Waals surface area contributed by atoms with Gasteiger partial charge < -0.3 is 14.2 Å². The van der Waals surface area contributed by atoms with Crippen molar-refractivity contribution in [2.45, 2.75) is 32.7 Å². The van der Waals surface area contributed by atoms with Gasteiger partial charge in [-0.15, -0.1) is 0 Å². The first-order valence-electron chi connectivity index (χ1n) is 9.93. The molecule has 0 saturated carbocycles. The van der Waals surface area contributed by atoms with Crippen molar-refractivity contribution >= 4 is 34.9 Å². The van der Waals surface area contributed by atoms with Crippen molar-refractivity contribution in [2.24, 2.45) is 0 Å². The summed E-state index contributed by atoms with van der Waals surface area (Å²) in [5.74, 6) is 0.234. The van der Waals surface area contributed by atoms with Crippen molar-refractivity contribution in [2.75, 3.05) is 18.1 Å². The fraction of sp³-hybridized carbons (Fsp3) is 0.304. The average molecular weight is 447 g/mol. The molecule has 0 atom stereocenters. The van der Waals surface area contributed by atoms with Crippen LogP contribution in [0.1, 0.15) is 41.6 Å². The summed E-state index contributed by atoms with van der Waals surface area (Å²) in [4.78, 5) is 14.0. The summed E-state index contributed by atoms with van der Waals surface area (Å²) in [5.41, 5.74) is 2.51. The van der Waals surface area contributed by atoms with E-state index in [1.165, 1.54) is 5.56 Å². The van der Waals surface area contributed by atoms with Gasteiger partial charge in [-0.2, -0.15) is 0 Å². The highest BCUT2D eigenvalue weighted by atomic mass is 35.5. The number of rotatable bonds is 10. The van der Waals surface area contributed by atoms with Crippen LogP contribution in [0.5, 0.6) is 0 Å². The maximum absolute atomic E-state index is 11.7. The molecule has 0 unspecified atom stereocenters. The number of carbonyl (C=O) groups excluding carboxylic acids is 1. The van der Waals surface area contributed by atoms with Crippen LogP contribution in [0.2, 0.25) is 10.0 Å². The van der Waals surface area contributed by atoms with Crippen molar-refractivity contribution in [3.63, 3.8) is 0 Å². The number of aromatic nitrogens is 1. The van der Waals surface area contributed by atoms with E-state index in [1.807, 2.05) is 48.5 Å². The second-order valence-electron chi connectivity index (χ2n) is 6.88. The van der Waals surface area contributed by atoms with E-state index >= 15 is 0 Å². The monoisotopic (exact) mass is 446 g/mol. The molecule has 0 aliphatic heterocycles. The molecular formula is C23H24Cl2N2O3. The highest BCUT2D eigenvalue weighted by Crippen LogP contribution is 2.22. The Morgan fingerprint density at radius 2 is 1.70 bits per heavy atom. The van der Waals surface area contributed by atoms with Crippen molar-refractivity contribution in [1.82, 2.24) is 5.16 Å². The molecule has 1 aromatic heterocycles. The third-order valence-corrected chi connectivity index (χ3v) is 5.13. The van der Waals surface area contributed by atoms with Gasteiger partial charge in [0.1, 0.15) is 5.76 Å². The summed E-state index contributed by atoms with van der Waals surface area (Å²) in [5, 5.41) is 5.23. The van der Waals surface area contributed by atoms with E-state index in [0.29, 0.717) is 23.8 Å². The van der Waals surface area contributed by atoms with Gasteiger partial charge in [0.15, 0.2) is 5.69 Å². The minimum atomic E-state index is -0.454. The molecule has 5 nitrogen and oxygen atoms in total.